The lowest BCUT2D eigenvalue weighted by atomic mass is 10.1. The predicted octanol–water partition coefficient (Wildman–Crippen LogP) is 3.48. The average Bonchev–Trinajstić information content (AvgIpc) is 2.95. The van der Waals surface area contributed by atoms with Crippen molar-refractivity contribution in [3.63, 3.8) is 0 Å². The van der Waals surface area contributed by atoms with Crippen molar-refractivity contribution in [2.45, 2.75) is 25.6 Å². The van der Waals surface area contributed by atoms with Crippen molar-refractivity contribution in [3.8, 4) is 11.5 Å². The maximum atomic E-state index is 13.3. The topological polar surface area (TPSA) is 57.2 Å². The third-order valence-corrected chi connectivity index (χ3v) is 5.52. The zero-order valence-electron chi connectivity index (χ0n) is 19.6. The largest absolute Gasteiger partial charge is 0.493 e. The van der Waals surface area contributed by atoms with Crippen molar-refractivity contribution < 1.29 is 23.4 Å². The van der Waals surface area contributed by atoms with E-state index in [2.05, 4.69) is 22.2 Å². The second kappa shape index (κ2) is 15.3. The number of nitrogens with one attached hydrogen (secondary N) is 1. The summed E-state index contributed by atoms with van der Waals surface area (Å²) in [5.41, 5.74) is 1.47. The molecule has 6 nitrogen and oxygen atoms in total. The molecule has 1 aliphatic heterocycles. The lowest BCUT2D eigenvalue weighted by molar-refractivity contribution is 0.0685. The molecule has 2 aromatic carbocycles. The summed E-state index contributed by atoms with van der Waals surface area (Å²) < 4.78 is 37.9. The monoisotopic (exact) mass is 521 g/mol. The maximum absolute atomic E-state index is 13.3. The number of methoxy groups -OCH3 is 1. The van der Waals surface area contributed by atoms with Gasteiger partial charge in [-0.05, 0) is 62.0 Å². The number of aliphatic hydroxyl groups excluding tert-OH is 1. The summed E-state index contributed by atoms with van der Waals surface area (Å²) in [7, 11) is 3.69. The van der Waals surface area contributed by atoms with E-state index >= 15 is 0 Å². The Hall–Kier alpha value is -1.68. The highest BCUT2D eigenvalue weighted by Gasteiger charge is 2.17. The van der Waals surface area contributed by atoms with Gasteiger partial charge in [-0.3, -0.25) is 4.90 Å². The molecule has 0 bridgehead atoms. The number of likely N-dealkylation sites (N-methyl/N-ethyl adjacent to an activating group) is 1. The first kappa shape index (κ1) is 30.4. The summed E-state index contributed by atoms with van der Waals surface area (Å²) in [6.45, 7) is 5.55. The van der Waals surface area contributed by atoms with Crippen LogP contribution in [0.25, 0.3) is 0 Å². The zero-order valence-corrected chi connectivity index (χ0v) is 21.3. The highest BCUT2D eigenvalue weighted by atomic mass is 35.5. The van der Waals surface area contributed by atoms with Crippen molar-refractivity contribution in [1.29, 1.82) is 0 Å². The molecule has 1 saturated heterocycles. The molecule has 1 aliphatic rings. The summed E-state index contributed by atoms with van der Waals surface area (Å²) in [4.78, 5) is 4.57. The summed E-state index contributed by atoms with van der Waals surface area (Å²) in [6.07, 6.45) is 0.489. The third-order valence-electron chi connectivity index (χ3n) is 5.52. The molecule has 3 rings (SSSR count). The van der Waals surface area contributed by atoms with Crippen LogP contribution in [0.3, 0.4) is 0 Å². The van der Waals surface area contributed by atoms with Crippen LogP contribution in [-0.4, -0.2) is 74.5 Å². The Morgan fingerprint density at radius 3 is 2.35 bits per heavy atom. The number of hydrogen-bond donors (Lipinski definition) is 2. The van der Waals surface area contributed by atoms with Gasteiger partial charge in [-0.2, -0.15) is 0 Å². The van der Waals surface area contributed by atoms with Crippen LogP contribution in [0.1, 0.15) is 17.5 Å². The summed E-state index contributed by atoms with van der Waals surface area (Å²) >= 11 is 0. The van der Waals surface area contributed by atoms with Gasteiger partial charge in [-0.25, -0.2) is 8.78 Å². The predicted molar refractivity (Wildman–Crippen MR) is 134 cm³/mol. The molecule has 1 heterocycles. The quantitative estimate of drug-likeness (QED) is 0.499. The van der Waals surface area contributed by atoms with E-state index in [0.29, 0.717) is 36.7 Å². The Balaban J connectivity index is 0.00000289. The lowest BCUT2D eigenvalue weighted by Crippen LogP contribution is -2.37. The van der Waals surface area contributed by atoms with Crippen LogP contribution in [-0.2, 0) is 13.1 Å². The van der Waals surface area contributed by atoms with Gasteiger partial charge in [-0.1, -0.05) is 6.07 Å². The standard InChI is InChI=1S/C24H33F2N3O3.2ClH/c1-28-6-3-7-29(9-8-28)16-22(30)17-32-24-12-18(4-5-23(24)31-2)14-27-15-19-10-20(25)13-21(26)11-19;;/h4-5,10-13,22,27,30H,3,6-9,14-17H2,1-2H3;2*1H. The number of β-amino-alcohol motifs (C(OH)–C–C–N with tert-alkyl or cyclic N) is 1. The molecular weight excluding hydrogens is 487 g/mol. The second-order valence-electron chi connectivity index (χ2n) is 8.29. The fourth-order valence-electron chi connectivity index (χ4n) is 3.83. The Morgan fingerprint density at radius 2 is 1.65 bits per heavy atom. The van der Waals surface area contributed by atoms with Crippen LogP contribution >= 0.6 is 24.8 Å². The van der Waals surface area contributed by atoms with E-state index in [4.69, 9.17) is 9.47 Å². The number of nitrogens with zero attached hydrogens (tertiary/aromatic N) is 2. The minimum Gasteiger partial charge on any atom is -0.493 e. The second-order valence-corrected chi connectivity index (χ2v) is 8.29. The van der Waals surface area contributed by atoms with E-state index in [1.807, 2.05) is 18.2 Å². The molecule has 10 heteroatoms. The van der Waals surface area contributed by atoms with Gasteiger partial charge in [0.05, 0.1) is 7.11 Å². The third kappa shape index (κ3) is 9.90. The number of aliphatic hydroxyl groups is 1. The van der Waals surface area contributed by atoms with Gasteiger partial charge in [0, 0.05) is 38.8 Å². The molecule has 2 N–H and O–H groups in total. The van der Waals surface area contributed by atoms with Crippen LogP contribution in [0.4, 0.5) is 8.78 Å². The molecule has 34 heavy (non-hydrogen) atoms. The maximum Gasteiger partial charge on any atom is 0.161 e. The average molecular weight is 522 g/mol. The summed E-state index contributed by atoms with van der Waals surface area (Å²) in [5, 5.41) is 13.6. The van der Waals surface area contributed by atoms with Crippen LogP contribution in [0, 0.1) is 11.6 Å². The summed E-state index contributed by atoms with van der Waals surface area (Å²) in [6, 6.07) is 9.03. The first-order valence-corrected chi connectivity index (χ1v) is 11.0. The van der Waals surface area contributed by atoms with E-state index in [1.54, 1.807) is 7.11 Å². The first-order valence-electron chi connectivity index (χ1n) is 11.0. The Kier molecular flexibility index (Phi) is 13.7. The van der Waals surface area contributed by atoms with E-state index in [1.165, 1.54) is 12.1 Å². The minimum absolute atomic E-state index is 0. The van der Waals surface area contributed by atoms with Gasteiger partial charge in [0.1, 0.15) is 24.3 Å². The fourth-order valence-corrected chi connectivity index (χ4v) is 3.83. The van der Waals surface area contributed by atoms with Crippen LogP contribution in [0.2, 0.25) is 0 Å². The Labute approximate surface area is 213 Å². The highest BCUT2D eigenvalue weighted by Crippen LogP contribution is 2.28. The molecule has 0 saturated carbocycles. The zero-order chi connectivity index (χ0) is 22.9. The van der Waals surface area contributed by atoms with Gasteiger partial charge in [0.2, 0.25) is 0 Å². The van der Waals surface area contributed by atoms with E-state index in [9.17, 15) is 13.9 Å². The molecule has 1 fully saturated rings. The fraction of sp³-hybridized carbons (Fsp3) is 0.500. The molecule has 0 radical (unpaired) electrons. The SMILES string of the molecule is COc1ccc(CNCc2cc(F)cc(F)c2)cc1OCC(O)CN1CCCN(C)CC1.Cl.Cl. The van der Waals surface area contributed by atoms with Crippen LogP contribution < -0.4 is 14.8 Å². The molecule has 0 amide bonds. The van der Waals surface area contributed by atoms with Gasteiger partial charge >= 0.3 is 0 Å². The number of halogens is 4. The Bertz CT molecular complexity index is 859. The van der Waals surface area contributed by atoms with Gasteiger partial charge in [-0.15, -0.1) is 24.8 Å². The van der Waals surface area contributed by atoms with Crippen LogP contribution in [0.5, 0.6) is 11.5 Å². The molecular formula is C24H35Cl2F2N3O3. The molecule has 192 valence electrons. The number of ether oxygens (including phenoxy) is 2. The summed E-state index contributed by atoms with van der Waals surface area (Å²) in [5.74, 6) is -0.0387. The molecule has 0 aromatic heterocycles. The lowest BCUT2D eigenvalue weighted by Gasteiger charge is -2.23. The smallest absolute Gasteiger partial charge is 0.161 e. The molecule has 2 aromatic rings. The van der Waals surface area contributed by atoms with E-state index in [-0.39, 0.29) is 31.4 Å². The van der Waals surface area contributed by atoms with Crippen molar-refractivity contribution in [2.24, 2.45) is 0 Å². The van der Waals surface area contributed by atoms with Gasteiger partial charge in [0.15, 0.2) is 11.5 Å². The van der Waals surface area contributed by atoms with Crippen molar-refractivity contribution >= 4 is 24.8 Å². The normalized spacial score (nSPS) is 15.6. The number of rotatable bonds is 10. The Morgan fingerprint density at radius 1 is 0.941 bits per heavy atom. The molecule has 1 unspecified atom stereocenters. The number of benzene rings is 2. The van der Waals surface area contributed by atoms with Crippen molar-refractivity contribution in [2.75, 3.05) is 53.5 Å². The minimum atomic E-state index is -0.604. The van der Waals surface area contributed by atoms with Gasteiger partial charge in [0.25, 0.3) is 0 Å². The highest BCUT2D eigenvalue weighted by molar-refractivity contribution is 5.85. The first-order chi connectivity index (χ1) is 15.4. The van der Waals surface area contributed by atoms with Crippen molar-refractivity contribution in [3.05, 3.63) is 59.2 Å². The number of hydrogen-bond acceptors (Lipinski definition) is 6. The van der Waals surface area contributed by atoms with E-state index in [0.717, 1.165) is 44.2 Å². The molecule has 0 spiro atoms. The van der Waals surface area contributed by atoms with E-state index < -0.39 is 17.7 Å². The van der Waals surface area contributed by atoms with Crippen molar-refractivity contribution in [1.82, 2.24) is 15.1 Å². The van der Waals surface area contributed by atoms with Crippen LogP contribution in [0.15, 0.2) is 36.4 Å². The molecule has 1 atom stereocenters. The van der Waals surface area contributed by atoms with Gasteiger partial charge < -0.3 is 24.8 Å². The molecule has 0 aliphatic carbocycles.